The summed E-state index contributed by atoms with van der Waals surface area (Å²) in [6, 6.07) is 12.9. The number of carbonyl (C=O) groups excluding carboxylic acids is 1. The predicted molar refractivity (Wildman–Crippen MR) is 96.0 cm³/mol. The van der Waals surface area contributed by atoms with Crippen molar-refractivity contribution in [2.24, 2.45) is 5.92 Å². The molecule has 1 unspecified atom stereocenters. The number of nitriles is 1. The van der Waals surface area contributed by atoms with Gasteiger partial charge in [-0.3, -0.25) is 4.79 Å². The SMILES string of the molecule is N#Cc1ccc(Oc2ccc(C(=O)NC3CN4CCC3CC4)s2)cc1. The Hall–Kier alpha value is -2.36. The zero-order valence-corrected chi connectivity index (χ0v) is 14.6. The molecule has 0 aliphatic carbocycles. The third-order valence-corrected chi connectivity index (χ3v) is 5.94. The molecule has 128 valence electrons. The lowest BCUT2D eigenvalue weighted by molar-refractivity contribution is 0.0622. The minimum atomic E-state index is -0.0153. The van der Waals surface area contributed by atoms with Gasteiger partial charge < -0.3 is 15.0 Å². The van der Waals surface area contributed by atoms with Crippen LogP contribution in [0.5, 0.6) is 10.8 Å². The lowest BCUT2D eigenvalue weighted by Crippen LogP contribution is -2.57. The summed E-state index contributed by atoms with van der Waals surface area (Å²) in [5.74, 6) is 1.26. The number of fused-ring (bicyclic) bond motifs is 3. The molecule has 4 heterocycles. The van der Waals surface area contributed by atoms with E-state index in [9.17, 15) is 4.79 Å². The number of rotatable bonds is 4. The second-order valence-corrected chi connectivity index (χ2v) is 7.62. The fraction of sp³-hybridized carbons (Fsp3) is 0.368. The Labute approximate surface area is 150 Å². The van der Waals surface area contributed by atoms with Crippen LogP contribution in [0.3, 0.4) is 0 Å². The van der Waals surface area contributed by atoms with E-state index in [4.69, 9.17) is 10.00 Å². The van der Waals surface area contributed by atoms with Crippen LogP contribution in [0, 0.1) is 17.2 Å². The molecule has 25 heavy (non-hydrogen) atoms. The molecule has 3 aliphatic heterocycles. The summed E-state index contributed by atoms with van der Waals surface area (Å²) in [6.45, 7) is 3.30. The molecular formula is C19H19N3O2S. The molecule has 5 rings (SSSR count). The van der Waals surface area contributed by atoms with Gasteiger partial charge >= 0.3 is 0 Å². The maximum absolute atomic E-state index is 12.5. The van der Waals surface area contributed by atoms with Crippen molar-refractivity contribution in [1.82, 2.24) is 10.2 Å². The van der Waals surface area contributed by atoms with E-state index in [2.05, 4.69) is 16.3 Å². The Morgan fingerprint density at radius 1 is 1.20 bits per heavy atom. The van der Waals surface area contributed by atoms with E-state index in [1.165, 1.54) is 37.3 Å². The summed E-state index contributed by atoms with van der Waals surface area (Å²) in [5.41, 5.74) is 0.594. The van der Waals surface area contributed by atoms with Crippen LogP contribution in [-0.2, 0) is 0 Å². The van der Waals surface area contributed by atoms with Crippen molar-refractivity contribution >= 4 is 17.2 Å². The number of hydrogen-bond donors (Lipinski definition) is 1. The van der Waals surface area contributed by atoms with Crippen molar-refractivity contribution in [3.63, 3.8) is 0 Å². The molecule has 3 saturated heterocycles. The van der Waals surface area contributed by atoms with Crippen molar-refractivity contribution in [3.8, 4) is 16.9 Å². The minimum absolute atomic E-state index is 0.0153. The number of nitrogens with one attached hydrogen (secondary N) is 1. The van der Waals surface area contributed by atoms with E-state index in [0.717, 1.165) is 6.54 Å². The minimum Gasteiger partial charge on any atom is -0.447 e. The van der Waals surface area contributed by atoms with E-state index in [1.807, 2.05) is 6.07 Å². The first-order valence-electron chi connectivity index (χ1n) is 8.52. The Kier molecular flexibility index (Phi) is 4.43. The maximum atomic E-state index is 12.5. The van der Waals surface area contributed by atoms with Gasteiger partial charge in [-0.1, -0.05) is 11.3 Å². The first kappa shape index (κ1) is 16.1. The summed E-state index contributed by atoms with van der Waals surface area (Å²) in [4.78, 5) is 15.6. The van der Waals surface area contributed by atoms with Crippen LogP contribution in [-0.4, -0.2) is 36.5 Å². The number of carbonyl (C=O) groups is 1. The summed E-state index contributed by atoms with van der Waals surface area (Å²) in [5, 5.41) is 12.7. The smallest absolute Gasteiger partial charge is 0.261 e. The number of amides is 1. The summed E-state index contributed by atoms with van der Waals surface area (Å²) < 4.78 is 5.77. The fourth-order valence-electron chi connectivity index (χ4n) is 3.58. The second-order valence-electron chi connectivity index (χ2n) is 6.57. The fourth-order valence-corrected chi connectivity index (χ4v) is 4.36. The summed E-state index contributed by atoms with van der Waals surface area (Å²) in [7, 11) is 0. The third kappa shape index (κ3) is 3.53. The van der Waals surface area contributed by atoms with Crippen LogP contribution in [0.2, 0.25) is 0 Å². The molecule has 1 N–H and O–H groups in total. The molecule has 6 heteroatoms. The first-order valence-corrected chi connectivity index (χ1v) is 9.34. The molecular weight excluding hydrogens is 334 g/mol. The number of benzene rings is 1. The number of nitrogens with zero attached hydrogens (tertiary/aromatic N) is 2. The van der Waals surface area contributed by atoms with Crippen LogP contribution in [0.25, 0.3) is 0 Å². The Bertz CT molecular complexity index is 801. The molecule has 1 amide bonds. The molecule has 3 aliphatic rings. The number of hydrogen-bond acceptors (Lipinski definition) is 5. The normalized spacial score (nSPS) is 24.5. The molecule has 3 fully saturated rings. The van der Waals surface area contributed by atoms with Gasteiger partial charge in [0.25, 0.3) is 5.91 Å². The summed E-state index contributed by atoms with van der Waals surface area (Å²) in [6.07, 6.45) is 2.37. The highest BCUT2D eigenvalue weighted by Crippen LogP contribution is 2.31. The molecule has 0 radical (unpaired) electrons. The van der Waals surface area contributed by atoms with Crippen molar-refractivity contribution in [3.05, 3.63) is 46.8 Å². The van der Waals surface area contributed by atoms with Crippen LogP contribution < -0.4 is 10.1 Å². The first-order chi connectivity index (χ1) is 12.2. The number of thiophene rings is 1. The largest absolute Gasteiger partial charge is 0.447 e. The summed E-state index contributed by atoms with van der Waals surface area (Å²) >= 11 is 1.34. The zero-order valence-electron chi connectivity index (χ0n) is 13.8. The number of ether oxygens (including phenoxy) is 1. The molecule has 2 aromatic rings. The van der Waals surface area contributed by atoms with Gasteiger partial charge in [0.15, 0.2) is 5.06 Å². The lowest BCUT2D eigenvalue weighted by Gasteiger charge is -2.44. The van der Waals surface area contributed by atoms with Gasteiger partial charge in [0.05, 0.1) is 16.5 Å². The Morgan fingerprint density at radius 2 is 1.96 bits per heavy atom. The van der Waals surface area contributed by atoms with E-state index in [0.29, 0.717) is 27.2 Å². The van der Waals surface area contributed by atoms with Gasteiger partial charge in [-0.05, 0) is 68.2 Å². The zero-order chi connectivity index (χ0) is 17.2. The average Bonchev–Trinajstić information content (AvgIpc) is 3.12. The highest BCUT2D eigenvalue weighted by atomic mass is 32.1. The molecule has 1 aromatic heterocycles. The topological polar surface area (TPSA) is 65.4 Å². The van der Waals surface area contributed by atoms with E-state index in [-0.39, 0.29) is 11.9 Å². The number of piperidine rings is 3. The van der Waals surface area contributed by atoms with Gasteiger partial charge in [-0.25, -0.2) is 0 Å². The monoisotopic (exact) mass is 353 g/mol. The molecule has 1 atom stereocenters. The van der Waals surface area contributed by atoms with Crippen LogP contribution >= 0.6 is 11.3 Å². The quantitative estimate of drug-likeness (QED) is 0.916. The van der Waals surface area contributed by atoms with Gasteiger partial charge in [0, 0.05) is 12.6 Å². The highest BCUT2D eigenvalue weighted by molar-refractivity contribution is 7.15. The van der Waals surface area contributed by atoms with Crippen molar-refractivity contribution in [2.75, 3.05) is 19.6 Å². The molecule has 0 spiro atoms. The predicted octanol–water partition coefficient (Wildman–Crippen LogP) is 3.24. The van der Waals surface area contributed by atoms with Crippen LogP contribution in [0.4, 0.5) is 0 Å². The highest BCUT2D eigenvalue weighted by Gasteiger charge is 2.35. The van der Waals surface area contributed by atoms with E-state index >= 15 is 0 Å². The Morgan fingerprint density at radius 3 is 2.60 bits per heavy atom. The molecule has 0 saturated carbocycles. The van der Waals surface area contributed by atoms with Crippen LogP contribution in [0.15, 0.2) is 36.4 Å². The molecule has 1 aromatic carbocycles. The van der Waals surface area contributed by atoms with Gasteiger partial charge in [-0.2, -0.15) is 5.26 Å². The van der Waals surface area contributed by atoms with Crippen molar-refractivity contribution in [1.29, 1.82) is 5.26 Å². The lowest BCUT2D eigenvalue weighted by atomic mass is 9.84. The second kappa shape index (κ2) is 6.87. The third-order valence-electron chi connectivity index (χ3n) is 4.98. The molecule has 5 nitrogen and oxygen atoms in total. The van der Waals surface area contributed by atoms with Gasteiger partial charge in [-0.15, -0.1) is 0 Å². The van der Waals surface area contributed by atoms with Gasteiger partial charge in [0.2, 0.25) is 0 Å². The standard InChI is InChI=1S/C19H19N3O2S/c20-11-13-1-3-15(4-2-13)24-18-6-5-17(25-18)19(23)21-16-12-22-9-7-14(16)8-10-22/h1-6,14,16H,7-10,12H2,(H,21,23). The van der Waals surface area contributed by atoms with Crippen molar-refractivity contribution in [2.45, 2.75) is 18.9 Å². The maximum Gasteiger partial charge on any atom is 0.261 e. The average molecular weight is 353 g/mol. The Balaban J connectivity index is 1.38. The van der Waals surface area contributed by atoms with E-state index in [1.54, 1.807) is 30.3 Å². The van der Waals surface area contributed by atoms with Crippen LogP contribution in [0.1, 0.15) is 28.1 Å². The van der Waals surface area contributed by atoms with Crippen molar-refractivity contribution < 1.29 is 9.53 Å². The molecule has 2 bridgehead atoms. The van der Waals surface area contributed by atoms with E-state index < -0.39 is 0 Å². The van der Waals surface area contributed by atoms with Gasteiger partial charge in [0.1, 0.15) is 5.75 Å².